The second-order valence-electron chi connectivity index (χ2n) is 7.57. The molecule has 1 atom stereocenters. The number of anilines is 1. The summed E-state index contributed by atoms with van der Waals surface area (Å²) in [4.78, 5) is 27.6. The number of carbonyl (C=O) groups is 2. The highest BCUT2D eigenvalue weighted by molar-refractivity contribution is 6.08. The molecule has 1 aliphatic heterocycles. The number of nitrogens with one attached hydrogen (secondary N) is 1. The van der Waals surface area contributed by atoms with Gasteiger partial charge in [0.05, 0.1) is 13.0 Å². The molecule has 2 amide bonds. The predicted octanol–water partition coefficient (Wildman–Crippen LogP) is 4.62. The van der Waals surface area contributed by atoms with E-state index in [1.807, 2.05) is 24.3 Å². The van der Waals surface area contributed by atoms with Gasteiger partial charge in [0.2, 0.25) is 5.91 Å². The number of fused-ring (bicyclic) bond motifs is 1. The second-order valence-corrected chi connectivity index (χ2v) is 7.57. The van der Waals surface area contributed by atoms with E-state index in [1.54, 1.807) is 24.1 Å². The van der Waals surface area contributed by atoms with E-state index < -0.39 is 17.6 Å². The molecule has 0 spiro atoms. The first-order valence-corrected chi connectivity index (χ1v) is 10.1. The van der Waals surface area contributed by atoms with E-state index in [0.717, 1.165) is 22.9 Å². The number of hydrogen-bond acceptors (Lipinski definition) is 3. The van der Waals surface area contributed by atoms with Crippen molar-refractivity contribution in [3.05, 3.63) is 71.8 Å². The lowest BCUT2D eigenvalue weighted by Crippen LogP contribution is -2.43. The minimum atomic E-state index is -1.02. The van der Waals surface area contributed by atoms with E-state index in [4.69, 9.17) is 4.74 Å². The fourth-order valence-electron chi connectivity index (χ4n) is 4.00. The van der Waals surface area contributed by atoms with Crippen LogP contribution in [0.4, 0.5) is 14.5 Å². The average molecular weight is 424 g/mol. The van der Waals surface area contributed by atoms with Crippen molar-refractivity contribution in [1.82, 2.24) is 4.90 Å². The molecule has 5 nitrogen and oxygen atoms in total. The Morgan fingerprint density at radius 1 is 1.03 bits per heavy atom. The summed E-state index contributed by atoms with van der Waals surface area (Å²) in [6.45, 7) is 0.808. The van der Waals surface area contributed by atoms with Crippen LogP contribution in [0.3, 0.4) is 0 Å². The molecule has 0 aliphatic carbocycles. The number of methoxy groups -OCH3 is 1. The number of nitrogens with zero attached hydrogens (tertiary/aromatic N) is 1. The van der Waals surface area contributed by atoms with Crippen molar-refractivity contribution in [1.29, 1.82) is 0 Å². The van der Waals surface area contributed by atoms with Gasteiger partial charge >= 0.3 is 0 Å². The molecule has 1 aliphatic rings. The van der Waals surface area contributed by atoms with Gasteiger partial charge in [-0.3, -0.25) is 9.59 Å². The average Bonchev–Trinajstić information content (AvgIpc) is 2.80. The first kappa shape index (κ1) is 20.8. The monoisotopic (exact) mass is 424 g/mol. The minimum Gasteiger partial charge on any atom is -0.496 e. The third-order valence-electron chi connectivity index (χ3n) is 5.60. The first-order chi connectivity index (χ1) is 15.0. The zero-order valence-corrected chi connectivity index (χ0v) is 17.0. The van der Waals surface area contributed by atoms with Crippen LogP contribution in [0.15, 0.2) is 54.6 Å². The Hall–Kier alpha value is -3.48. The summed E-state index contributed by atoms with van der Waals surface area (Å²) < 4.78 is 31.9. The van der Waals surface area contributed by atoms with E-state index in [1.165, 1.54) is 6.07 Å². The number of ether oxygens (including phenoxy) is 1. The number of benzene rings is 3. The van der Waals surface area contributed by atoms with Crippen molar-refractivity contribution in [2.24, 2.45) is 5.92 Å². The van der Waals surface area contributed by atoms with Gasteiger partial charge in [-0.2, -0.15) is 0 Å². The number of hydrogen-bond donors (Lipinski definition) is 1. The molecule has 0 unspecified atom stereocenters. The molecule has 4 rings (SSSR count). The van der Waals surface area contributed by atoms with Crippen LogP contribution >= 0.6 is 0 Å². The third kappa shape index (κ3) is 4.21. The van der Waals surface area contributed by atoms with Crippen LogP contribution < -0.4 is 10.1 Å². The molecule has 3 aromatic carbocycles. The van der Waals surface area contributed by atoms with Gasteiger partial charge in [0.25, 0.3) is 5.91 Å². The van der Waals surface area contributed by atoms with Crippen molar-refractivity contribution in [2.45, 2.75) is 12.8 Å². The number of likely N-dealkylation sites (tertiary alicyclic amines) is 1. The number of rotatable bonds is 4. The van der Waals surface area contributed by atoms with Crippen LogP contribution in [0.1, 0.15) is 23.2 Å². The van der Waals surface area contributed by atoms with Gasteiger partial charge in [-0.1, -0.05) is 24.3 Å². The van der Waals surface area contributed by atoms with Gasteiger partial charge in [0.15, 0.2) is 11.6 Å². The fraction of sp³-hybridized carbons (Fsp3) is 0.250. The molecule has 7 heteroatoms. The van der Waals surface area contributed by atoms with E-state index in [9.17, 15) is 18.4 Å². The maximum absolute atomic E-state index is 13.4. The number of carbonyl (C=O) groups excluding carboxylic acids is 2. The van der Waals surface area contributed by atoms with Crippen molar-refractivity contribution < 1.29 is 23.1 Å². The zero-order chi connectivity index (χ0) is 22.0. The number of halogens is 2. The fourth-order valence-corrected chi connectivity index (χ4v) is 4.00. The summed E-state index contributed by atoms with van der Waals surface area (Å²) in [5.41, 5.74) is 0.742. The van der Waals surface area contributed by atoms with Crippen molar-refractivity contribution in [2.75, 3.05) is 25.5 Å². The molecule has 0 radical (unpaired) electrons. The van der Waals surface area contributed by atoms with Gasteiger partial charge in [-0.25, -0.2) is 8.78 Å². The quantitative estimate of drug-likeness (QED) is 0.665. The first-order valence-electron chi connectivity index (χ1n) is 10.1. The summed E-state index contributed by atoms with van der Waals surface area (Å²) in [6, 6.07) is 14.3. The SMILES string of the molecule is COc1ccc(C(=O)N2CCC[C@H](C(=O)Nc3ccc(F)c(F)c3)C2)c2ccccc12. The van der Waals surface area contributed by atoms with E-state index >= 15 is 0 Å². The van der Waals surface area contributed by atoms with Gasteiger partial charge < -0.3 is 15.0 Å². The Morgan fingerprint density at radius 3 is 2.55 bits per heavy atom. The number of piperidine rings is 1. The minimum absolute atomic E-state index is 0.149. The topological polar surface area (TPSA) is 58.6 Å². The van der Waals surface area contributed by atoms with Crippen LogP contribution in [0.5, 0.6) is 5.75 Å². The standard InChI is InChI=1S/C24H22F2N2O3/c1-31-22-11-9-19(17-6-2-3-7-18(17)22)24(30)28-12-4-5-15(14-28)23(29)27-16-8-10-20(25)21(26)13-16/h2-3,6-11,13,15H,4-5,12,14H2,1H3,(H,27,29)/t15-/m0/s1. The Morgan fingerprint density at radius 2 is 1.81 bits per heavy atom. The van der Waals surface area contributed by atoms with E-state index in [-0.39, 0.29) is 24.0 Å². The Kier molecular flexibility index (Phi) is 5.84. The molecule has 0 aromatic heterocycles. The highest BCUT2D eigenvalue weighted by Gasteiger charge is 2.30. The van der Waals surface area contributed by atoms with Crippen molar-refractivity contribution >= 4 is 28.3 Å². The van der Waals surface area contributed by atoms with Gasteiger partial charge in [-0.15, -0.1) is 0 Å². The maximum atomic E-state index is 13.4. The van der Waals surface area contributed by atoms with Crippen molar-refractivity contribution in [3.63, 3.8) is 0 Å². The van der Waals surface area contributed by atoms with Crippen LogP contribution in [0, 0.1) is 17.6 Å². The Balaban J connectivity index is 1.52. The third-order valence-corrected chi connectivity index (χ3v) is 5.60. The molecule has 1 N–H and O–H groups in total. The van der Waals surface area contributed by atoms with Crippen molar-refractivity contribution in [3.8, 4) is 5.75 Å². The summed E-state index contributed by atoms with van der Waals surface area (Å²) in [5.74, 6) is -2.21. The molecule has 1 saturated heterocycles. The highest BCUT2D eigenvalue weighted by Crippen LogP contribution is 2.30. The molecular weight excluding hydrogens is 402 g/mol. The molecule has 1 heterocycles. The largest absolute Gasteiger partial charge is 0.496 e. The van der Waals surface area contributed by atoms with Crippen LogP contribution in [-0.4, -0.2) is 36.9 Å². The second kappa shape index (κ2) is 8.71. The molecule has 31 heavy (non-hydrogen) atoms. The molecule has 160 valence electrons. The Bertz CT molecular complexity index is 1150. The molecule has 3 aromatic rings. The zero-order valence-electron chi connectivity index (χ0n) is 17.0. The van der Waals surface area contributed by atoms with E-state index in [0.29, 0.717) is 30.7 Å². The molecule has 0 saturated carbocycles. The normalized spacial score (nSPS) is 16.2. The molecule has 1 fully saturated rings. The highest BCUT2D eigenvalue weighted by atomic mass is 19.2. The molecule has 0 bridgehead atoms. The van der Waals surface area contributed by atoms with Gasteiger partial charge in [-0.05, 0) is 42.5 Å². The number of amides is 2. The van der Waals surface area contributed by atoms with Crippen LogP contribution in [0.2, 0.25) is 0 Å². The van der Waals surface area contributed by atoms with E-state index in [2.05, 4.69) is 5.32 Å². The Labute approximate surface area is 178 Å². The lowest BCUT2D eigenvalue weighted by Gasteiger charge is -2.32. The lowest BCUT2D eigenvalue weighted by atomic mass is 9.95. The summed E-state index contributed by atoms with van der Waals surface area (Å²) in [7, 11) is 1.59. The summed E-state index contributed by atoms with van der Waals surface area (Å²) in [6.07, 6.45) is 1.29. The summed E-state index contributed by atoms with van der Waals surface area (Å²) >= 11 is 0. The van der Waals surface area contributed by atoms with Crippen LogP contribution in [-0.2, 0) is 4.79 Å². The predicted molar refractivity (Wildman–Crippen MR) is 114 cm³/mol. The van der Waals surface area contributed by atoms with Crippen LogP contribution in [0.25, 0.3) is 10.8 Å². The maximum Gasteiger partial charge on any atom is 0.254 e. The van der Waals surface area contributed by atoms with Gasteiger partial charge in [0.1, 0.15) is 5.75 Å². The smallest absolute Gasteiger partial charge is 0.254 e. The summed E-state index contributed by atoms with van der Waals surface area (Å²) in [5, 5.41) is 4.26. The van der Waals surface area contributed by atoms with Gasteiger partial charge in [0, 0.05) is 35.8 Å². The lowest BCUT2D eigenvalue weighted by molar-refractivity contribution is -0.121. The molecular formula is C24H22F2N2O3.